The third kappa shape index (κ3) is 6.08. The number of ether oxygens (including phenoxy) is 2. The molecule has 0 amide bonds. The van der Waals surface area contributed by atoms with Crippen molar-refractivity contribution < 1.29 is 9.47 Å². The van der Waals surface area contributed by atoms with Crippen LogP contribution in [-0.4, -0.2) is 20.3 Å². The minimum absolute atomic E-state index is 0.0654. The minimum Gasteiger partial charge on any atom is -0.491 e. The van der Waals surface area contributed by atoms with E-state index in [2.05, 4.69) is 13.0 Å². The number of rotatable bonds is 10. The van der Waals surface area contributed by atoms with Crippen molar-refractivity contribution in [1.29, 1.82) is 0 Å². The van der Waals surface area contributed by atoms with Crippen LogP contribution in [0.3, 0.4) is 0 Å². The topological polar surface area (TPSA) is 44.5 Å². The Balaban J connectivity index is 2.50. The van der Waals surface area contributed by atoms with Gasteiger partial charge in [-0.1, -0.05) is 50.8 Å². The Morgan fingerprint density at radius 1 is 1.11 bits per heavy atom. The van der Waals surface area contributed by atoms with E-state index in [1.807, 2.05) is 18.2 Å². The molecular formula is C16H27NO2. The molecule has 3 nitrogen and oxygen atoms in total. The zero-order valence-electron chi connectivity index (χ0n) is 12.2. The second kappa shape index (κ2) is 9.82. The molecule has 3 heteroatoms. The molecule has 1 aromatic carbocycles. The van der Waals surface area contributed by atoms with Crippen LogP contribution in [0.25, 0.3) is 0 Å². The van der Waals surface area contributed by atoms with Crippen LogP contribution in [0.15, 0.2) is 24.3 Å². The van der Waals surface area contributed by atoms with Crippen LogP contribution in [0.5, 0.6) is 5.75 Å². The predicted molar refractivity (Wildman–Crippen MR) is 79.5 cm³/mol. The summed E-state index contributed by atoms with van der Waals surface area (Å²) in [6.07, 6.45) is 6.01. The number of hydrogen-bond donors (Lipinski definition) is 1. The van der Waals surface area contributed by atoms with Crippen LogP contribution in [-0.2, 0) is 4.74 Å². The second-order valence-electron chi connectivity index (χ2n) is 4.83. The highest BCUT2D eigenvalue weighted by Crippen LogP contribution is 2.27. The largest absolute Gasteiger partial charge is 0.491 e. The fourth-order valence-corrected chi connectivity index (χ4v) is 2.10. The van der Waals surface area contributed by atoms with E-state index in [0.29, 0.717) is 13.2 Å². The third-order valence-corrected chi connectivity index (χ3v) is 3.23. The zero-order chi connectivity index (χ0) is 13.9. The van der Waals surface area contributed by atoms with Crippen molar-refractivity contribution in [2.24, 2.45) is 5.73 Å². The van der Waals surface area contributed by atoms with Crippen LogP contribution in [0.4, 0.5) is 0 Å². The van der Waals surface area contributed by atoms with Crippen LogP contribution in [0.1, 0.15) is 50.6 Å². The van der Waals surface area contributed by atoms with E-state index in [4.69, 9.17) is 15.2 Å². The molecule has 2 N–H and O–H groups in total. The number of nitrogens with two attached hydrogens (primary N) is 1. The van der Waals surface area contributed by atoms with Crippen molar-refractivity contribution in [1.82, 2.24) is 0 Å². The summed E-state index contributed by atoms with van der Waals surface area (Å²) in [5.41, 5.74) is 7.38. The Labute approximate surface area is 117 Å². The van der Waals surface area contributed by atoms with Gasteiger partial charge in [0.05, 0.1) is 6.61 Å². The van der Waals surface area contributed by atoms with E-state index < -0.39 is 0 Å². The molecule has 19 heavy (non-hydrogen) atoms. The van der Waals surface area contributed by atoms with Gasteiger partial charge in [-0.25, -0.2) is 0 Å². The SMILES string of the molecule is CCCCCCC(N)c1ccccc1OCCOC. The molecule has 108 valence electrons. The molecule has 0 radical (unpaired) electrons. The van der Waals surface area contributed by atoms with E-state index in [9.17, 15) is 0 Å². The predicted octanol–water partition coefficient (Wildman–Crippen LogP) is 3.68. The molecule has 0 fully saturated rings. The van der Waals surface area contributed by atoms with E-state index in [1.165, 1.54) is 25.7 Å². The summed E-state index contributed by atoms with van der Waals surface area (Å²) in [7, 11) is 1.68. The fraction of sp³-hybridized carbons (Fsp3) is 0.625. The summed E-state index contributed by atoms with van der Waals surface area (Å²) in [6.45, 7) is 3.38. The lowest BCUT2D eigenvalue weighted by molar-refractivity contribution is 0.145. The van der Waals surface area contributed by atoms with Crippen molar-refractivity contribution in [2.75, 3.05) is 20.3 Å². The summed E-state index contributed by atoms with van der Waals surface area (Å²) >= 11 is 0. The smallest absolute Gasteiger partial charge is 0.124 e. The van der Waals surface area contributed by atoms with Crippen molar-refractivity contribution in [3.05, 3.63) is 29.8 Å². The van der Waals surface area contributed by atoms with Crippen molar-refractivity contribution in [2.45, 2.75) is 45.1 Å². The number of unbranched alkanes of at least 4 members (excludes halogenated alkanes) is 3. The van der Waals surface area contributed by atoms with Crippen LogP contribution in [0, 0.1) is 0 Å². The monoisotopic (exact) mass is 265 g/mol. The average Bonchev–Trinajstić information content (AvgIpc) is 2.44. The summed E-state index contributed by atoms with van der Waals surface area (Å²) in [5.74, 6) is 0.891. The Hall–Kier alpha value is -1.06. The van der Waals surface area contributed by atoms with Gasteiger partial charge in [0.2, 0.25) is 0 Å². The second-order valence-corrected chi connectivity index (χ2v) is 4.83. The fourth-order valence-electron chi connectivity index (χ4n) is 2.10. The molecule has 0 spiro atoms. The molecule has 0 aliphatic rings. The first-order valence-corrected chi connectivity index (χ1v) is 7.25. The van der Waals surface area contributed by atoms with E-state index >= 15 is 0 Å². The first kappa shape index (κ1) is 16.0. The molecule has 1 unspecified atom stereocenters. The molecule has 0 aliphatic carbocycles. The summed E-state index contributed by atoms with van der Waals surface area (Å²) in [4.78, 5) is 0. The normalized spacial score (nSPS) is 12.4. The lowest BCUT2D eigenvalue weighted by Gasteiger charge is -2.16. The zero-order valence-corrected chi connectivity index (χ0v) is 12.2. The molecule has 0 saturated carbocycles. The Morgan fingerprint density at radius 2 is 1.89 bits per heavy atom. The third-order valence-electron chi connectivity index (χ3n) is 3.23. The van der Waals surface area contributed by atoms with Gasteiger partial charge in [0.15, 0.2) is 0 Å². The van der Waals surface area contributed by atoms with E-state index in [-0.39, 0.29) is 6.04 Å². The van der Waals surface area contributed by atoms with Crippen molar-refractivity contribution in [3.8, 4) is 5.75 Å². The molecule has 0 bridgehead atoms. The van der Waals surface area contributed by atoms with Crippen LogP contribution in [0.2, 0.25) is 0 Å². The van der Waals surface area contributed by atoms with Gasteiger partial charge in [-0.05, 0) is 12.5 Å². The molecule has 0 aliphatic heterocycles. The van der Waals surface area contributed by atoms with Gasteiger partial charge in [-0.2, -0.15) is 0 Å². The molecule has 0 aromatic heterocycles. The first-order chi connectivity index (χ1) is 9.29. The number of para-hydroxylation sites is 1. The van der Waals surface area contributed by atoms with E-state index in [1.54, 1.807) is 7.11 Å². The summed E-state index contributed by atoms with van der Waals surface area (Å²) in [6, 6.07) is 8.11. The quantitative estimate of drug-likeness (QED) is 0.656. The van der Waals surface area contributed by atoms with Gasteiger partial charge in [-0.3, -0.25) is 0 Å². The van der Waals surface area contributed by atoms with Gasteiger partial charge in [0.25, 0.3) is 0 Å². The van der Waals surface area contributed by atoms with E-state index in [0.717, 1.165) is 17.7 Å². The van der Waals surface area contributed by atoms with Gasteiger partial charge in [0.1, 0.15) is 12.4 Å². The number of benzene rings is 1. The molecular weight excluding hydrogens is 238 g/mol. The van der Waals surface area contributed by atoms with Crippen LogP contribution >= 0.6 is 0 Å². The highest BCUT2D eigenvalue weighted by atomic mass is 16.5. The molecule has 0 saturated heterocycles. The Kier molecular flexibility index (Phi) is 8.26. The van der Waals surface area contributed by atoms with Crippen molar-refractivity contribution >= 4 is 0 Å². The van der Waals surface area contributed by atoms with Crippen molar-refractivity contribution in [3.63, 3.8) is 0 Å². The highest BCUT2D eigenvalue weighted by Gasteiger charge is 2.11. The summed E-state index contributed by atoms with van der Waals surface area (Å²) in [5, 5.41) is 0. The standard InChI is InChI=1S/C16H27NO2/c1-3-4-5-6-10-15(17)14-9-7-8-11-16(14)19-13-12-18-2/h7-9,11,15H,3-6,10,12-13,17H2,1-2H3. The molecule has 1 atom stereocenters. The molecule has 0 heterocycles. The average molecular weight is 265 g/mol. The highest BCUT2D eigenvalue weighted by molar-refractivity contribution is 5.35. The van der Waals surface area contributed by atoms with Gasteiger partial charge in [-0.15, -0.1) is 0 Å². The first-order valence-electron chi connectivity index (χ1n) is 7.25. The lowest BCUT2D eigenvalue weighted by atomic mass is 10.00. The summed E-state index contributed by atoms with van der Waals surface area (Å²) < 4.78 is 10.7. The van der Waals surface area contributed by atoms with Gasteiger partial charge in [0, 0.05) is 18.7 Å². The maximum absolute atomic E-state index is 6.27. The maximum Gasteiger partial charge on any atom is 0.124 e. The van der Waals surface area contributed by atoms with Gasteiger partial charge < -0.3 is 15.2 Å². The molecule has 1 aromatic rings. The number of methoxy groups -OCH3 is 1. The maximum atomic E-state index is 6.27. The Morgan fingerprint density at radius 3 is 2.63 bits per heavy atom. The lowest BCUT2D eigenvalue weighted by Crippen LogP contribution is -2.13. The minimum atomic E-state index is 0.0654. The molecule has 1 rings (SSSR count). The van der Waals surface area contributed by atoms with Crippen LogP contribution < -0.4 is 10.5 Å². The van der Waals surface area contributed by atoms with Gasteiger partial charge >= 0.3 is 0 Å². The number of hydrogen-bond acceptors (Lipinski definition) is 3. The Bertz CT molecular complexity index is 341.